The van der Waals surface area contributed by atoms with Gasteiger partial charge in [0.2, 0.25) is 0 Å². The molecule has 9 heteroatoms. The van der Waals surface area contributed by atoms with E-state index in [4.69, 9.17) is 4.74 Å². The van der Waals surface area contributed by atoms with Gasteiger partial charge in [-0.15, -0.1) is 23.4 Å². The van der Waals surface area contributed by atoms with Gasteiger partial charge in [0.15, 0.2) is 5.69 Å². The maximum atomic E-state index is 12.7. The van der Waals surface area contributed by atoms with Gasteiger partial charge in [0.25, 0.3) is 5.91 Å². The van der Waals surface area contributed by atoms with Crippen LogP contribution in [0.25, 0.3) is 5.70 Å². The number of carbonyl (C=O) groups excluding carboxylic acids is 2. The van der Waals surface area contributed by atoms with Crippen molar-refractivity contribution in [3.8, 4) is 5.75 Å². The van der Waals surface area contributed by atoms with Gasteiger partial charge in [0.1, 0.15) is 12.0 Å². The van der Waals surface area contributed by atoms with Crippen LogP contribution in [0, 0.1) is 5.92 Å². The van der Waals surface area contributed by atoms with E-state index in [1.165, 1.54) is 11.9 Å². The molecule has 36 heavy (non-hydrogen) atoms. The molecule has 1 aliphatic rings. The number of hydrogen-bond donors (Lipinski definition) is 2. The number of benzene rings is 1. The molecule has 0 bridgehead atoms. The van der Waals surface area contributed by atoms with Crippen LogP contribution in [0.3, 0.4) is 0 Å². The minimum absolute atomic E-state index is 0.188. The van der Waals surface area contributed by atoms with Crippen LogP contribution in [-0.4, -0.2) is 53.1 Å². The highest BCUT2D eigenvalue weighted by Crippen LogP contribution is 2.22. The lowest BCUT2D eigenvalue weighted by molar-refractivity contribution is -0.109. The Hall–Kier alpha value is -2.91. The topological polar surface area (TPSA) is 112 Å². The van der Waals surface area contributed by atoms with Gasteiger partial charge in [-0.1, -0.05) is 31.2 Å². The fourth-order valence-electron chi connectivity index (χ4n) is 3.17. The number of amides is 1. The van der Waals surface area contributed by atoms with Crippen molar-refractivity contribution < 1.29 is 14.3 Å². The van der Waals surface area contributed by atoms with Gasteiger partial charge in [0.05, 0.1) is 12.3 Å². The number of nitrogens with zero attached hydrogens (tertiary/aromatic N) is 3. The van der Waals surface area contributed by atoms with Crippen LogP contribution >= 0.6 is 11.8 Å². The molecule has 1 saturated carbocycles. The molecule has 3 rings (SSSR count). The monoisotopic (exact) mass is 515 g/mol. The smallest absolute Gasteiger partial charge is 0.273 e. The van der Waals surface area contributed by atoms with E-state index in [2.05, 4.69) is 27.9 Å². The van der Waals surface area contributed by atoms with Crippen LogP contribution in [0.4, 0.5) is 0 Å². The first-order valence-electron chi connectivity index (χ1n) is 12.4. The number of thioether (sulfide) groups is 1. The summed E-state index contributed by atoms with van der Waals surface area (Å²) in [5, 5.41) is 11.4. The number of allylic oxidation sites excluding steroid dienone is 3. The van der Waals surface area contributed by atoms with E-state index in [1.54, 1.807) is 22.5 Å². The first-order chi connectivity index (χ1) is 17.5. The van der Waals surface area contributed by atoms with E-state index in [1.807, 2.05) is 57.4 Å². The fourth-order valence-corrected chi connectivity index (χ4v) is 3.58. The number of aldehydes is 1. The Morgan fingerprint density at radius 1 is 1.31 bits per heavy atom. The molecule has 2 aromatic rings. The summed E-state index contributed by atoms with van der Waals surface area (Å²) in [4.78, 5) is 25.0. The fraction of sp³-hybridized carbons (Fsp3) is 0.481. The highest BCUT2D eigenvalue weighted by molar-refractivity contribution is 7.98. The minimum Gasteiger partial charge on any atom is -0.494 e. The highest BCUT2D eigenvalue weighted by Gasteiger charge is 2.27. The largest absolute Gasteiger partial charge is 0.494 e. The summed E-state index contributed by atoms with van der Waals surface area (Å²) in [6.07, 6.45) is 10.3. The van der Waals surface area contributed by atoms with E-state index in [-0.39, 0.29) is 17.9 Å². The maximum absolute atomic E-state index is 12.7. The van der Waals surface area contributed by atoms with Crippen molar-refractivity contribution in [2.45, 2.75) is 63.8 Å². The Morgan fingerprint density at radius 2 is 1.97 bits per heavy atom. The second kappa shape index (κ2) is 17.5. The predicted molar refractivity (Wildman–Crippen MR) is 148 cm³/mol. The zero-order chi connectivity index (χ0) is 26.9. The minimum atomic E-state index is -0.250. The van der Waals surface area contributed by atoms with Crippen molar-refractivity contribution in [1.82, 2.24) is 20.3 Å². The summed E-state index contributed by atoms with van der Waals surface area (Å²) in [7, 11) is 1.50. The van der Waals surface area contributed by atoms with Gasteiger partial charge in [-0.3, -0.25) is 4.79 Å². The van der Waals surface area contributed by atoms with Gasteiger partial charge in [0, 0.05) is 22.6 Å². The van der Waals surface area contributed by atoms with Gasteiger partial charge < -0.3 is 20.6 Å². The molecule has 0 aliphatic heterocycles. The molecule has 1 unspecified atom stereocenters. The van der Waals surface area contributed by atoms with Crippen LogP contribution in [0.5, 0.6) is 5.75 Å². The quantitative estimate of drug-likeness (QED) is 0.171. The number of nitrogens with two attached hydrogens (primary N) is 1. The SMILES string of the molecule is C=CC(C=O)C/C=C(\C)n1nnc(C(=O)NC2CC2)c1CCCOc1ccc(SC)cc1.CC.CN. The van der Waals surface area contributed by atoms with E-state index >= 15 is 0 Å². The molecule has 0 spiro atoms. The lowest BCUT2D eigenvalue weighted by Crippen LogP contribution is -2.27. The molecule has 198 valence electrons. The highest BCUT2D eigenvalue weighted by atomic mass is 32.2. The molecular formula is C27H41N5O3S. The summed E-state index contributed by atoms with van der Waals surface area (Å²) in [6, 6.07) is 8.22. The van der Waals surface area contributed by atoms with Gasteiger partial charge in [-0.25, -0.2) is 4.68 Å². The second-order valence-corrected chi connectivity index (χ2v) is 8.67. The van der Waals surface area contributed by atoms with Crippen molar-refractivity contribution in [2.75, 3.05) is 19.9 Å². The molecule has 1 aliphatic carbocycles. The summed E-state index contributed by atoms with van der Waals surface area (Å²) in [5.74, 6) is 0.383. The first kappa shape index (κ1) is 31.1. The summed E-state index contributed by atoms with van der Waals surface area (Å²) >= 11 is 1.69. The van der Waals surface area contributed by atoms with E-state index < -0.39 is 0 Å². The molecule has 0 saturated heterocycles. The molecule has 3 N–H and O–H groups in total. The summed E-state index contributed by atoms with van der Waals surface area (Å²) in [6.45, 7) is 10.1. The van der Waals surface area contributed by atoms with Crippen LogP contribution in [0.2, 0.25) is 0 Å². The second-order valence-electron chi connectivity index (χ2n) is 7.79. The lowest BCUT2D eigenvalue weighted by Gasteiger charge is -2.11. The first-order valence-corrected chi connectivity index (χ1v) is 13.6. The third-order valence-corrected chi connectivity index (χ3v) is 6.02. The van der Waals surface area contributed by atoms with E-state index in [9.17, 15) is 9.59 Å². The number of ether oxygens (including phenoxy) is 1. The Morgan fingerprint density at radius 3 is 2.53 bits per heavy atom. The average molecular weight is 516 g/mol. The third kappa shape index (κ3) is 9.99. The van der Waals surface area contributed by atoms with E-state index in [0.717, 1.165) is 36.3 Å². The number of aromatic nitrogens is 3. The van der Waals surface area contributed by atoms with Crippen molar-refractivity contribution >= 4 is 29.7 Å². The standard InChI is InChI=1S/C24H30N4O3S.C2H6.CH5N/c1-4-18(16-29)8-7-17(2)28-22(23(26-27-28)24(30)25-19-9-10-19)6-5-15-31-20-11-13-21(32-3)14-12-20;2*1-2/h4,7,11-14,16,18-19H,1,5-6,8-10,15H2,2-3H3,(H,25,30);1-2H3;2H2,1H3/b17-7+;;. The number of rotatable bonds is 13. The van der Waals surface area contributed by atoms with Crippen molar-refractivity contribution in [3.63, 3.8) is 0 Å². The van der Waals surface area contributed by atoms with Crippen LogP contribution in [-0.2, 0) is 11.2 Å². The zero-order valence-corrected chi connectivity index (χ0v) is 23.0. The average Bonchev–Trinajstić information content (AvgIpc) is 3.64. The predicted octanol–water partition coefficient (Wildman–Crippen LogP) is 4.76. The number of hydrogen-bond acceptors (Lipinski definition) is 7. The number of carbonyl (C=O) groups is 2. The van der Waals surface area contributed by atoms with Gasteiger partial charge >= 0.3 is 0 Å². The Kier molecular flexibility index (Phi) is 15.1. The molecule has 1 heterocycles. The Bertz CT molecular complexity index is 960. The van der Waals surface area contributed by atoms with Gasteiger partial charge in [-0.05, 0) is 76.6 Å². The molecule has 8 nitrogen and oxygen atoms in total. The summed E-state index contributed by atoms with van der Waals surface area (Å²) in [5.41, 5.74) is 6.42. The number of nitrogens with one attached hydrogen (secondary N) is 1. The third-order valence-electron chi connectivity index (χ3n) is 5.27. The molecule has 1 fully saturated rings. The van der Waals surface area contributed by atoms with Crippen LogP contribution in [0.1, 0.15) is 62.6 Å². The normalized spacial score (nSPS) is 13.3. The molecule has 1 aromatic carbocycles. The zero-order valence-electron chi connectivity index (χ0n) is 22.2. The Balaban J connectivity index is 0.00000154. The van der Waals surface area contributed by atoms with Crippen LogP contribution < -0.4 is 15.8 Å². The molecule has 1 aromatic heterocycles. The lowest BCUT2D eigenvalue weighted by atomic mass is 10.1. The molecule has 0 radical (unpaired) electrons. The van der Waals surface area contributed by atoms with E-state index in [0.29, 0.717) is 31.6 Å². The maximum Gasteiger partial charge on any atom is 0.273 e. The molecule has 1 atom stereocenters. The van der Waals surface area contributed by atoms with Crippen molar-refractivity contribution in [3.05, 3.63) is 54.4 Å². The Labute approximate surface area is 219 Å². The van der Waals surface area contributed by atoms with Crippen LogP contribution in [0.15, 0.2) is 47.9 Å². The molecule has 1 amide bonds. The summed E-state index contributed by atoms with van der Waals surface area (Å²) < 4.78 is 7.56. The van der Waals surface area contributed by atoms with Gasteiger partial charge in [-0.2, -0.15) is 0 Å². The molecular weight excluding hydrogens is 474 g/mol. The van der Waals surface area contributed by atoms with Crippen molar-refractivity contribution in [2.24, 2.45) is 11.7 Å². The van der Waals surface area contributed by atoms with Crippen molar-refractivity contribution in [1.29, 1.82) is 0 Å².